The van der Waals surface area contributed by atoms with Crippen LogP contribution in [0.3, 0.4) is 0 Å². The van der Waals surface area contributed by atoms with Gasteiger partial charge in [-0.25, -0.2) is 9.78 Å². The van der Waals surface area contributed by atoms with E-state index >= 15 is 0 Å². The van der Waals surface area contributed by atoms with Gasteiger partial charge in [-0.3, -0.25) is 9.58 Å². The Kier molecular flexibility index (Phi) is 4.45. The van der Waals surface area contributed by atoms with Gasteiger partial charge in [-0.2, -0.15) is 5.10 Å². The molecule has 0 unspecified atom stereocenters. The molecular formula is C17H25N5O2. The lowest BCUT2D eigenvalue weighted by atomic mass is 9.87. The van der Waals surface area contributed by atoms with Crippen molar-refractivity contribution in [2.75, 3.05) is 13.1 Å². The lowest BCUT2D eigenvalue weighted by molar-refractivity contribution is -0.151. The van der Waals surface area contributed by atoms with E-state index in [1.165, 1.54) is 0 Å². The summed E-state index contributed by atoms with van der Waals surface area (Å²) >= 11 is 0. The van der Waals surface area contributed by atoms with Crippen LogP contribution in [0.1, 0.15) is 49.7 Å². The predicted octanol–water partition coefficient (Wildman–Crippen LogP) is 2.11. The summed E-state index contributed by atoms with van der Waals surface area (Å²) in [5, 5.41) is 14.4. The number of carbonyl (C=O) groups is 1. The van der Waals surface area contributed by atoms with Gasteiger partial charge in [0.25, 0.3) is 0 Å². The van der Waals surface area contributed by atoms with Crippen LogP contribution in [0.25, 0.3) is 0 Å². The van der Waals surface area contributed by atoms with Crippen LogP contribution in [0, 0.1) is 6.92 Å². The number of aromatic nitrogens is 4. The zero-order valence-corrected chi connectivity index (χ0v) is 14.5. The first-order valence-electron chi connectivity index (χ1n) is 8.43. The van der Waals surface area contributed by atoms with E-state index in [1.54, 1.807) is 11.0 Å². The molecule has 1 aliphatic rings. The van der Waals surface area contributed by atoms with Crippen LogP contribution in [-0.2, 0) is 16.9 Å². The standard InChI is InChI=1S/C17H25N5O2/c1-12(2)14-4-7-22(20-14)17(16(23)24)5-8-21(9-6-17)10-15-13(3)18-11-19-15/h4,7,11-12H,5-6,8-10H2,1-3H3,(H,18,19)(H,23,24). The smallest absolute Gasteiger partial charge is 0.331 e. The third kappa shape index (κ3) is 2.96. The van der Waals surface area contributed by atoms with Gasteiger partial charge in [-0.05, 0) is 31.7 Å². The van der Waals surface area contributed by atoms with Gasteiger partial charge in [0.05, 0.1) is 17.7 Å². The van der Waals surface area contributed by atoms with Crippen molar-refractivity contribution in [2.24, 2.45) is 0 Å². The zero-order chi connectivity index (χ0) is 17.3. The van der Waals surface area contributed by atoms with E-state index in [-0.39, 0.29) is 0 Å². The van der Waals surface area contributed by atoms with Crippen LogP contribution in [0.4, 0.5) is 0 Å². The normalized spacial score (nSPS) is 18.2. The fraction of sp³-hybridized carbons (Fsp3) is 0.588. The number of nitrogens with zero attached hydrogens (tertiary/aromatic N) is 4. The molecule has 0 bridgehead atoms. The van der Waals surface area contributed by atoms with Crippen molar-refractivity contribution in [3.8, 4) is 0 Å². The van der Waals surface area contributed by atoms with Crippen LogP contribution in [0.2, 0.25) is 0 Å². The quantitative estimate of drug-likeness (QED) is 0.876. The first-order valence-corrected chi connectivity index (χ1v) is 8.43. The molecule has 24 heavy (non-hydrogen) atoms. The second-order valence-electron chi connectivity index (χ2n) is 6.93. The molecule has 1 fully saturated rings. The maximum Gasteiger partial charge on any atom is 0.331 e. The Bertz CT molecular complexity index is 710. The molecular weight excluding hydrogens is 306 g/mol. The Morgan fingerprint density at radius 1 is 1.42 bits per heavy atom. The second kappa shape index (κ2) is 6.39. The molecule has 3 heterocycles. The van der Waals surface area contributed by atoms with E-state index in [0.717, 1.165) is 36.7 Å². The van der Waals surface area contributed by atoms with Crippen LogP contribution in [-0.4, -0.2) is 48.8 Å². The highest BCUT2D eigenvalue weighted by Gasteiger charge is 2.44. The Morgan fingerprint density at radius 3 is 2.62 bits per heavy atom. The van der Waals surface area contributed by atoms with Gasteiger partial charge < -0.3 is 10.1 Å². The minimum atomic E-state index is -0.940. The highest BCUT2D eigenvalue weighted by Crippen LogP contribution is 2.31. The number of piperidine rings is 1. The van der Waals surface area contributed by atoms with Crippen molar-refractivity contribution in [3.63, 3.8) is 0 Å². The van der Waals surface area contributed by atoms with Crippen molar-refractivity contribution in [1.82, 2.24) is 24.6 Å². The van der Waals surface area contributed by atoms with Gasteiger partial charge in [-0.1, -0.05) is 13.8 Å². The average molecular weight is 331 g/mol. The maximum atomic E-state index is 12.0. The summed E-state index contributed by atoms with van der Waals surface area (Å²) in [7, 11) is 0. The third-order valence-electron chi connectivity index (χ3n) is 5.03. The minimum absolute atomic E-state index is 0.292. The number of carboxylic acids is 1. The van der Waals surface area contributed by atoms with Gasteiger partial charge in [0.1, 0.15) is 0 Å². The lowest BCUT2D eigenvalue weighted by Crippen LogP contribution is -2.51. The summed E-state index contributed by atoms with van der Waals surface area (Å²) in [6, 6.07) is 1.93. The summed E-state index contributed by atoms with van der Waals surface area (Å²) in [6.45, 7) is 8.32. The van der Waals surface area contributed by atoms with Crippen LogP contribution in [0.15, 0.2) is 18.6 Å². The molecule has 2 aromatic heterocycles. The molecule has 2 aromatic rings. The monoisotopic (exact) mass is 331 g/mol. The van der Waals surface area contributed by atoms with Gasteiger partial charge in [0.2, 0.25) is 0 Å². The summed E-state index contributed by atoms with van der Waals surface area (Å²) in [4.78, 5) is 21.7. The van der Waals surface area contributed by atoms with Gasteiger partial charge in [0, 0.05) is 31.5 Å². The molecule has 0 amide bonds. The Morgan fingerprint density at radius 2 is 2.12 bits per heavy atom. The molecule has 1 saturated heterocycles. The summed E-state index contributed by atoms with van der Waals surface area (Å²) in [5.41, 5.74) is 2.09. The Balaban J connectivity index is 1.74. The third-order valence-corrected chi connectivity index (χ3v) is 5.03. The van der Waals surface area contributed by atoms with Gasteiger partial charge >= 0.3 is 5.97 Å². The number of imidazole rings is 1. The van der Waals surface area contributed by atoms with E-state index in [1.807, 2.05) is 19.2 Å². The molecule has 0 radical (unpaired) electrons. The highest BCUT2D eigenvalue weighted by molar-refractivity contribution is 5.76. The molecule has 3 rings (SSSR count). The fourth-order valence-corrected chi connectivity index (χ4v) is 3.26. The second-order valence-corrected chi connectivity index (χ2v) is 6.93. The maximum absolute atomic E-state index is 12.0. The summed E-state index contributed by atoms with van der Waals surface area (Å²) < 4.78 is 1.67. The molecule has 0 spiro atoms. The van der Waals surface area contributed by atoms with Crippen LogP contribution < -0.4 is 0 Å². The first-order chi connectivity index (χ1) is 11.4. The number of hydrogen-bond donors (Lipinski definition) is 2. The molecule has 0 aliphatic carbocycles. The average Bonchev–Trinajstić information content (AvgIpc) is 3.18. The van der Waals surface area contributed by atoms with Crippen molar-refractivity contribution < 1.29 is 9.90 Å². The van der Waals surface area contributed by atoms with Crippen LogP contribution in [0.5, 0.6) is 0 Å². The van der Waals surface area contributed by atoms with E-state index in [9.17, 15) is 9.90 Å². The molecule has 2 N–H and O–H groups in total. The van der Waals surface area contributed by atoms with Gasteiger partial charge in [-0.15, -0.1) is 0 Å². The molecule has 7 heteroatoms. The number of nitrogens with one attached hydrogen (secondary N) is 1. The molecule has 1 aliphatic heterocycles. The van der Waals surface area contributed by atoms with Crippen molar-refractivity contribution in [3.05, 3.63) is 35.7 Å². The number of likely N-dealkylation sites (tertiary alicyclic amines) is 1. The van der Waals surface area contributed by atoms with Crippen molar-refractivity contribution >= 4 is 5.97 Å². The minimum Gasteiger partial charge on any atom is -0.479 e. The van der Waals surface area contributed by atoms with Crippen molar-refractivity contribution in [2.45, 2.75) is 51.6 Å². The number of aryl methyl sites for hydroxylation is 1. The zero-order valence-electron chi connectivity index (χ0n) is 14.5. The van der Waals surface area contributed by atoms with E-state index in [4.69, 9.17) is 0 Å². The first kappa shape index (κ1) is 16.7. The Labute approximate surface area is 141 Å². The van der Waals surface area contributed by atoms with E-state index in [0.29, 0.717) is 18.8 Å². The number of aromatic amines is 1. The Hall–Kier alpha value is -2.15. The number of rotatable bonds is 5. The molecule has 0 saturated carbocycles. The van der Waals surface area contributed by atoms with Crippen LogP contribution >= 0.6 is 0 Å². The number of carboxylic acid groups (broad SMARTS) is 1. The number of H-pyrrole nitrogens is 1. The topological polar surface area (TPSA) is 87.0 Å². The fourth-order valence-electron chi connectivity index (χ4n) is 3.26. The summed E-state index contributed by atoms with van der Waals surface area (Å²) in [6.07, 6.45) is 4.61. The molecule has 0 atom stereocenters. The largest absolute Gasteiger partial charge is 0.479 e. The molecule has 130 valence electrons. The molecule has 0 aromatic carbocycles. The highest BCUT2D eigenvalue weighted by atomic mass is 16.4. The van der Waals surface area contributed by atoms with E-state index < -0.39 is 11.5 Å². The van der Waals surface area contributed by atoms with Crippen molar-refractivity contribution in [1.29, 1.82) is 0 Å². The number of hydrogen-bond acceptors (Lipinski definition) is 4. The van der Waals surface area contributed by atoms with Gasteiger partial charge in [0.15, 0.2) is 5.54 Å². The summed E-state index contributed by atoms with van der Waals surface area (Å²) in [5.74, 6) is -0.503. The predicted molar refractivity (Wildman–Crippen MR) is 89.8 cm³/mol. The number of aliphatic carboxylic acids is 1. The van der Waals surface area contributed by atoms with E-state index in [2.05, 4.69) is 33.8 Å². The SMILES string of the molecule is Cc1[nH]cnc1CN1CCC(C(=O)O)(n2ccc(C(C)C)n2)CC1. The lowest BCUT2D eigenvalue weighted by Gasteiger charge is -2.38. The molecule has 7 nitrogen and oxygen atoms in total.